The van der Waals surface area contributed by atoms with Gasteiger partial charge in [-0.15, -0.1) is 0 Å². The molecule has 64 valence electrons. The van der Waals surface area contributed by atoms with E-state index in [0.29, 0.717) is 3.23 Å². The molecule has 0 amide bonds. The van der Waals surface area contributed by atoms with Gasteiger partial charge >= 0.3 is 0 Å². The van der Waals surface area contributed by atoms with Gasteiger partial charge in [-0.05, 0) is 31.1 Å². The Morgan fingerprint density at radius 2 is 1.91 bits per heavy atom. The molecule has 0 aromatic heterocycles. The molecule has 2 fully saturated rings. The van der Waals surface area contributed by atoms with Crippen molar-refractivity contribution in [3.8, 4) is 0 Å². The van der Waals surface area contributed by atoms with Gasteiger partial charge in [-0.2, -0.15) is 0 Å². The normalized spacial score (nSPS) is 36.0. The molecule has 1 unspecified atom stereocenters. The van der Waals surface area contributed by atoms with Crippen molar-refractivity contribution in [2.45, 2.75) is 41.8 Å². The predicted molar refractivity (Wildman–Crippen MR) is 55.3 cm³/mol. The minimum atomic E-state index is 0.329. The molecule has 2 aliphatic carbocycles. The summed E-state index contributed by atoms with van der Waals surface area (Å²) in [6.07, 6.45) is 8.65. The topological polar surface area (TPSA) is 0 Å². The number of rotatable bonds is 2. The largest absolute Gasteiger partial charge is 0.0833 e. The lowest BCUT2D eigenvalue weighted by Crippen LogP contribution is -2.37. The summed E-state index contributed by atoms with van der Waals surface area (Å²) in [6, 6.07) is 0. The van der Waals surface area contributed by atoms with E-state index in [1.165, 1.54) is 38.5 Å². The fourth-order valence-corrected chi connectivity index (χ4v) is 3.28. The first-order valence-electron chi connectivity index (χ1n) is 4.56. The van der Waals surface area contributed by atoms with Crippen LogP contribution in [0.3, 0.4) is 0 Å². The molecule has 2 rings (SSSR count). The predicted octanol–water partition coefficient (Wildman–Crippen LogP) is 4.07. The molecule has 0 radical (unpaired) electrons. The van der Waals surface area contributed by atoms with Crippen molar-refractivity contribution < 1.29 is 0 Å². The standard InChI is InChI=1S/C9H14Br2/c10-9(11)5-4-8(9)6-7-2-1-3-7/h7-8H,1-6H2. The van der Waals surface area contributed by atoms with E-state index in [1.807, 2.05) is 0 Å². The van der Waals surface area contributed by atoms with Gasteiger partial charge < -0.3 is 0 Å². The summed E-state index contributed by atoms with van der Waals surface area (Å²) in [5, 5.41) is 0. The molecule has 0 bridgehead atoms. The highest BCUT2D eigenvalue weighted by Crippen LogP contribution is 2.54. The van der Waals surface area contributed by atoms with Gasteiger partial charge in [-0.1, -0.05) is 51.1 Å². The third-order valence-electron chi connectivity index (χ3n) is 3.27. The summed E-state index contributed by atoms with van der Waals surface area (Å²) < 4.78 is 0.329. The van der Waals surface area contributed by atoms with Crippen LogP contribution in [0.1, 0.15) is 38.5 Å². The van der Waals surface area contributed by atoms with Crippen molar-refractivity contribution in [1.82, 2.24) is 0 Å². The van der Waals surface area contributed by atoms with Crippen molar-refractivity contribution >= 4 is 31.9 Å². The highest BCUT2D eigenvalue weighted by atomic mass is 79.9. The maximum atomic E-state index is 3.73. The number of hydrogen-bond acceptors (Lipinski definition) is 0. The second-order valence-electron chi connectivity index (χ2n) is 4.03. The maximum Gasteiger partial charge on any atom is 0.0833 e. The van der Waals surface area contributed by atoms with E-state index in [9.17, 15) is 0 Å². The Morgan fingerprint density at radius 3 is 2.18 bits per heavy atom. The number of hydrogen-bond donors (Lipinski definition) is 0. The SMILES string of the molecule is BrC1(Br)CCC1CC1CCC1. The van der Waals surface area contributed by atoms with Crippen molar-refractivity contribution in [3.63, 3.8) is 0 Å². The van der Waals surface area contributed by atoms with Crippen LogP contribution in [0.25, 0.3) is 0 Å². The average molecular weight is 282 g/mol. The summed E-state index contributed by atoms with van der Waals surface area (Å²) in [7, 11) is 0. The van der Waals surface area contributed by atoms with Gasteiger partial charge in [0, 0.05) is 0 Å². The lowest BCUT2D eigenvalue weighted by molar-refractivity contribution is 0.190. The third kappa shape index (κ3) is 1.67. The molecule has 0 aromatic carbocycles. The van der Waals surface area contributed by atoms with Gasteiger partial charge in [0.1, 0.15) is 0 Å². The highest BCUT2D eigenvalue weighted by molar-refractivity contribution is 9.25. The van der Waals surface area contributed by atoms with E-state index in [2.05, 4.69) is 31.9 Å². The Kier molecular flexibility index (Phi) is 2.35. The van der Waals surface area contributed by atoms with Crippen molar-refractivity contribution in [1.29, 1.82) is 0 Å². The van der Waals surface area contributed by atoms with Crippen LogP contribution in [0.2, 0.25) is 0 Å². The lowest BCUT2D eigenvalue weighted by Gasteiger charge is -2.44. The molecule has 0 nitrogen and oxygen atoms in total. The summed E-state index contributed by atoms with van der Waals surface area (Å²) >= 11 is 7.46. The first kappa shape index (κ1) is 8.55. The van der Waals surface area contributed by atoms with Gasteiger partial charge in [0.15, 0.2) is 0 Å². The first-order chi connectivity index (χ1) is 5.18. The Bertz CT molecular complexity index is 150. The fraction of sp³-hybridized carbons (Fsp3) is 1.00. The van der Waals surface area contributed by atoms with Crippen molar-refractivity contribution in [3.05, 3.63) is 0 Å². The quantitative estimate of drug-likeness (QED) is 0.670. The molecular weight excluding hydrogens is 268 g/mol. The smallest absolute Gasteiger partial charge is 0.0724 e. The van der Waals surface area contributed by atoms with E-state index in [1.54, 1.807) is 0 Å². The molecule has 0 aliphatic heterocycles. The molecule has 0 heterocycles. The van der Waals surface area contributed by atoms with E-state index >= 15 is 0 Å². The third-order valence-corrected chi connectivity index (χ3v) is 5.35. The van der Waals surface area contributed by atoms with Crippen LogP contribution in [0.5, 0.6) is 0 Å². The van der Waals surface area contributed by atoms with Crippen LogP contribution < -0.4 is 0 Å². The zero-order valence-electron chi connectivity index (χ0n) is 6.65. The van der Waals surface area contributed by atoms with Crippen molar-refractivity contribution in [2.75, 3.05) is 0 Å². The molecule has 2 saturated carbocycles. The molecule has 0 saturated heterocycles. The van der Waals surface area contributed by atoms with Gasteiger partial charge in [0.05, 0.1) is 3.23 Å². The fourth-order valence-electron chi connectivity index (χ4n) is 1.99. The number of halogens is 2. The molecule has 0 spiro atoms. The van der Waals surface area contributed by atoms with Crippen LogP contribution in [0.4, 0.5) is 0 Å². The summed E-state index contributed by atoms with van der Waals surface area (Å²) in [6.45, 7) is 0. The van der Waals surface area contributed by atoms with Gasteiger partial charge in [-0.3, -0.25) is 0 Å². The summed E-state index contributed by atoms with van der Waals surface area (Å²) in [4.78, 5) is 0. The van der Waals surface area contributed by atoms with E-state index < -0.39 is 0 Å². The zero-order valence-corrected chi connectivity index (χ0v) is 9.83. The van der Waals surface area contributed by atoms with Crippen LogP contribution in [-0.2, 0) is 0 Å². The molecule has 2 aliphatic rings. The molecule has 11 heavy (non-hydrogen) atoms. The van der Waals surface area contributed by atoms with Gasteiger partial charge in [-0.25, -0.2) is 0 Å². The van der Waals surface area contributed by atoms with Crippen LogP contribution in [0.15, 0.2) is 0 Å². The zero-order chi connectivity index (χ0) is 7.90. The van der Waals surface area contributed by atoms with Crippen molar-refractivity contribution in [2.24, 2.45) is 11.8 Å². The molecule has 2 heteroatoms. The Balaban J connectivity index is 1.78. The lowest BCUT2D eigenvalue weighted by atomic mass is 9.72. The summed E-state index contributed by atoms with van der Waals surface area (Å²) in [5.41, 5.74) is 0. The van der Waals surface area contributed by atoms with E-state index in [4.69, 9.17) is 0 Å². The minimum Gasteiger partial charge on any atom is -0.0724 e. The second-order valence-corrected chi connectivity index (χ2v) is 7.92. The van der Waals surface area contributed by atoms with Crippen LogP contribution >= 0.6 is 31.9 Å². The van der Waals surface area contributed by atoms with Gasteiger partial charge in [0.25, 0.3) is 0 Å². The maximum absolute atomic E-state index is 3.73. The van der Waals surface area contributed by atoms with E-state index in [0.717, 1.165) is 11.8 Å². The monoisotopic (exact) mass is 280 g/mol. The van der Waals surface area contributed by atoms with Gasteiger partial charge in [0.2, 0.25) is 0 Å². The van der Waals surface area contributed by atoms with E-state index in [-0.39, 0.29) is 0 Å². The average Bonchev–Trinajstić information content (AvgIpc) is 1.83. The highest BCUT2D eigenvalue weighted by Gasteiger charge is 2.43. The Hall–Kier alpha value is 0.960. The molecule has 1 atom stereocenters. The second kappa shape index (κ2) is 3.02. The number of alkyl halides is 2. The summed E-state index contributed by atoms with van der Waals surface area (Å²) in [5.74, 6) is 1.97. The van der Waals surface area contributed by atoms with Crippen LogP contribution in [0, 0.1) is 11.8 Å². The molecular formula is C9H14Br2. The molecule has 0 aromatic rings. The molecule has 0 N–H and O–H groups in total. The first-order valence-corrected chi connectivity index (χ1v) is 6.15. The Labute approximate surface area is 85.4 Å². The van der Waals surface area contributed by atoms with Crippen LogP contribution in [-0.4, -0.2) is 3.23 Å². The Morgan fingerprint density at radius 1 is 1.18 bits per heavy atom. The minimum absolute atomic E-state index is 0.329.